The van der Waals surface area contributed by atoms with Crippen LogP contribution in [-0.2, 0) is 4.74 Å². The fourth-order valence-electron chi connectivity index (χ4n) is 1.98. The van der Waals surface area contributed by atoms with Crippen LogP contribution >= 0.6 is 0 Å². The third-order valence-corrected chi connectivity index (χ3v) is 3.18. The van der Waals surface area contributed by atoms with Crippen LogP contribution in [0.1, 0.15) is 22.3 Å². The number of carbonyl (C=O) groups excluding carboxylic acids is 1. The highest BCUT2D eigenvalue weighted by Crippen LogP contribution is 2.25. The van der Waals surface area contributed by atoms with E-state index in [1.165, 1.54) is 7.11 Å². The molecule has 2 rings (SSSR count). The number of carbonyl (C=O) groups is 1. The quantitative estimate of drug-likeness (QED) is 0.815. The molecule has 0 fully saturated rings. The van der Waals surface area contributed by atoms with Crippen molar-refractivity contribution in [2.45, 2.75) is 6.10 Å². The van der Waals surface area contributed by atoms with Gasteiger partial charge in [-0.05, 0) is 35.4 Å². The monoisotopic (exact) mass is 303 g/mol. The van der Waals surface area contributed by atoms with E-state index < -0.39 is 18.7 Å². The Hall–Kier alpha value is -2.44. The molecule has 1 unspecified atom stereocenters. The van der Waals surface area contributed by atoms with Gasteiger partial charge in [0, 0.05) is 0 Å². The molecule has 1 aromatic heterocycles. The summed E-state index contributed by atoms with van der Waals surface area (Å²) in [4.78, 5) is 15.7. The molecule has 6 nitrogen and oxygen atoms in total. The highest BCUT2D eigenvalue weighted by Gasteiger charge is 2.16. The minimum absolute atomic E-state index is 0.0679. The molecular weight excluding hydrogens is 286 g/mol. The van der Waals surface area contributed by atoms with E-state index in [1.807, 2.05) is 12.1 Å². The van der Waals surface area contributed by atoms with Gasteiger partial charge in [-0.1, -0.05) is 12.1 Å². The summed E-state index contributed by atoms with van der Waals surface area (Å²) in [5, 5.41) is 18.9. The van der Waals surface area contributed by atoms with E-state index in [4.69, 9.17) is 9.84 Å². The number of ether oxygens (including phenoxy) is 2. The lowest BCUT2D eigenvalue weighted by Crippen LogP contribution is -2.11. The van der Waals surface area contributed by atoms with Crippen molar-refractivity contribution in [2.75, 3.05) is 20.8 Å². The number of hydrogen-bond donors (Lipinski definition) is 2. The Balaban J connectivity index is 2.50. The highest BCUT2D eigenvalue weighted by molar-refractivity contribution is 5.89. The summed E-state index contributed by atoms with van der Waals surface area (Å²) in [5.41, 5.74) is 1.77. The van der Waals surface area contributed by atoms with E-state index in [1.54, 1.807) is 31.4 Å². The summed E-state index contributed by atoms with van der Waals surface area (Å²) in [6, 6.07) is 10.4. The van der Waals surface area contributed by atoms with Gasteiger partial charge in [0.25, 0.3) is 0 Å². The molecule has 2 N–H and O–H groups in total. The summed E-state index contributed by atoms with van der Waals surface area (Å²) < 4.78 is 9.77. The Labute approximate surface area is 128 Å². The molecule has 0 bridgehead atoms. The second-order valence-electron chi connectivity index (χ2n) is 4.58. The molecule has 6 heteroatoms. The summed E-state index contributed by atoms with van der Waals surface area (Å²) in [6.45, 7) is -0.486. The SMILES string of the molecule is COC(=O)c1cc(-c2ccc(OC)cc2)cc(C(O)CO)n1. The van der Waals surface area contributed by atoms with Crippen molar-refractivity contribution in [3.63, 3.8) is 0 Å². The zero-order valence-corrected chi connectivity index (χ0v) is 12.3. The van der Waals surface area contributed by atoms with Crippen molar-refractivity contribution in [1.29, 1.82) is 0 Å². The van der Waals surface area contributed by atoms with Gasteiger partial charge in [0.1, 0.15) is 17.5 Å². The van der Waals surface area contributed by atoms with Crippen molar-refractivity contribution >= 4 is 5.97 Å². The third-order valence-electron chi connectivity index (χ3n) is 3.18. The average molecular weight is 303 g/mol. The highest BCUT2D eigenvalue weighted by atomic mass is 16.5. The Morgan fingerprint density at radius 3 is 2.41 bits per heavy atom. The number of aliphatic hydroxyl groups excluding tert-OH is 2. The van der Waals surface area contributed by atoms with Crippen LogP contribution in [-0.4, -0.2) is 42.0 Å². The van der Waals surface area contributed by atoms with Gasteiger partial charge in [-0.2, -0.15) is 0 Å². The summed E-state index contributed by atoms with van der Waals surface area (Å²) in [7, 11) is 2.83. The van der Waals surface area contributed by atoms with Crippen LogP contribution in [0.15, 0.2) is 36.4 Å². The molecule has 2 aromatic rings. The molecule has 0 radical (unpaired) electrons. The first kappa shape index (κ1) is 15.9. The standard InChI is InChI=1S/C16H17NO5/c1-21-12-5-3-10(4-6-12)11-7-13(15(19)9-18)17-14(8-11)16(20)22-2/h3-8,15,18-19H,9H2,1-2H3. The molecule has 0 aliphatic heterocycles. The third kappa shape index (κ3) is 3.41. The van der Waals surface area contributed by atoms with Gasteiger partial charge in [0.2, 0.25) is 0 Å². The molecule has 116 valence electrons. The molecular formula is C16H17NO5. The number of aliphatic hydroxyl groups is 2. The van der Waals surface area contributed by atoms with Crippen molar-refractivity contribution in [1.82, 2.24) is 4.98 Å². The number of methoxy groups -OCH3 is 2. The number of aromatic nitrogens is 1. The molecule has 1 heterocycles. The molecule has 0 aliphatic carbocycles. The summed E-state index contributed by atoms with van der Waals surface area (Å²) in [6.07, 6.45) is -1.17. The second-order valence-corrected chi connectivity index (χ2v) is 4.58. The van der Waals surface area contributed by atoms with Crippen molar-refractivity contribution in [3.8, 4) is 16.9 Å². The fourth-order valence-corrected chi connectivity index (χ4v) is 1.98. The largest absolute Gasteiger partial charge is 0.497 e. The van der Waals surface area contributed by atoms with E-state index in [9.17, 15) is 9.90 Å². The summed E-state index contributed by atoms with van der Waals surface area (Å²) >= 11 is 0. The van der Waals surface area contributed by atoms with Crippen LogP contribution in [0.3, 0.4) is 0 Å². The number of benzene rings is 1. The van der Waals surface area contributed by atoms with Gasteiger partial charge >= 0.3 is 5.97 Å². The number of nitrogens with zero attached hydrogens (tertiary/aromatic N) is 1. The van der Waals surface area contributed by atoms with E-state index in [0.29, 0.717) is 11.3 Å². The molecule has 1 aromatic carbocycles. The Morgan fingerprint density at radius 2 is 1.86 bits per heavy atom. The predicted molar refractivity (Wildman–Crippen MR) is 79.6 cm³/mol. The van der Waals surface area contributed by atoms with Crippen LogP contribution in [0.4, 0.5) is 0 Å². The first-order chi connectivity index (χ1) is 10.6. The van der Waals surface area contributed by atoms with E-state index >= 15 is 0 Å². The molecule has 0 saturated carbocycles. The van der Waals surface area contributed by atoms with E-state index in [-0.39, 0.29) is 11.4 Å². The lowest BCUT2D eigenvalue weighted by Gasteiger charge is -2.11. The first-order valence-electron chi connectivity index (χ1n) is 6.62. The molecule has 0 saturated heterocycles. The fraction of sp³-hybridized carbons (Fsp3) is 0.250. The zero-order valence-electron chi connectivity index (χ0n) is 12.3. The van der Waals surface area contributed by atoms with Gasteiger partial charge < -0.3 is 19.7 Å². The first-order valence-corrected chi connectivity index (χ1v) is 6.62. The van der Waals surface area contributed by atoms with Crippen LogP contribution in [0.25, 0.3) is 11.1 Å². The number of pyridine rings is 1. The normalized spacial score (nSPS) is 11.8. The lowest BCUT2D eigenvalue weighted by atomic mass is 10.0. The van der Waals surface area contributed by atoms with Crippen molar-refractivity contribution in [3.05, 3.63) is 47.8 Å². The van der Waals surface area contributed by atoms with Crippen molar-refractivity contribution in [2.24, 2.45) is 0 Å². The minimum Gasteiger partial charge on any atom is -0.497 e. The predicted octanol–water partition coefficient (Wildman–Crippen LogP) is 1.57. The van der Waals surface area contributed by atoms with Gasteiger partial charge in [-0.3, -0.25) is 0 Å². The maximum absolute atomic E-state index is 11.7. The molecule has 0 aliphatic rings. The number of hydrogen-bond acceptors (Lipinski definition) is 6. The minimum atomic E-state index is -1.17. The molecule has 0 spiro atoms. The smallest absolute Gasteiger partial charge is 0.356 e. The van der Waals surface area contributed by atoms with Crippen LogP contribution in [0.5, 0.6) is 5.75 Å². The van der Waals surface area contributed by atoms with E-state index in [2.05, 4.69) is 9.72 Å². The van der Waals surface area contributed by atoms with Gasteiger partial charge in [-0.25, -0.2) is 9.78 Å². The zero-order chi connectivity index (χ0) is 16.1. The Kier molecular flexibility index (Phi) is 5.08. The van der Waals surface area contributed by atoms with Crippen molar-refractivity contribution < 1.29 is 24.5 Å². The Bertz CT molecular complexity index is 654. The maximum Gasteiger partial charge on any atom is 0.356 e. The number of rotatable bonds is 5. The van der Waals surface area contributed by atoms with Crippen LogP contribution in [0, 0.1) is 0 Å². The number of esters is 1. The van der Waals surface area contributed by atoms with Crippen LogP contribution in [0.2, 0.25) is 0 Å². The topological polar surface area (TPSA) is 88.9 Å². The van der Waals surface area contributed by atoms with Gasteiger partial charge in [0.05, 0.1) is 26.5 Å². The Morgan fingerprint density at radius 1 is 1.18 bits per heavy atom. The summed E-state index contributed by atoms with van der Waals surface area (Å²) in [5.74, 6) is 0.100. The molecule has 1 atom stereocenters. The second kappa shape index (κ2) is 7.02. The van der Waals surface area contributed by atoms with Gasteiger partial charge in [-0.15, -0.1) is 0 Å². The van der Waals surface area contributed by atoms with Crippen LogP contribution < -0.4 is 4.74 Å². The molecule has 22 heavy (non-hydrogen) atoms. The van der Waals surface area contributed by atoms with Gasteiger partial charge in [0.15, 0.2) is 0 Å². The lowest BCUT2D eigenvalue weighted by molar-refractivity contribution is 0.0590. The maximum atomic E-state index is 11.7. The average Bonchev–Trinajstić information content (AvgIpc) is 2.59. The molecule has 0 amide bonds. The van der Waals surface area contributed by atoms with E-state index in [0.717, 1.165) is 5.56 Å².